The molecule has 1 unspecified atom stereocenters. The van der Waals surface area contributed by atoms with Gasteiger partial charge in [-0.1, -0.05) is 6.07 Å². The second-order valence-electron chi connectivity index (χ2n) is 8.28. The number of rotatable bonds is 8. The number of thiophene rings is 1. The van der Waals surface area contributed by atoms with Crippen LogP contribution in [0.3, 0.4) is 0 Å². The van der Waals surface area contributed by atoms with Crippen molar-refractivity contribution in [1.82, 2.24) is 20.4 Å². The van der Waals surface area contributed by atoms with Gasteiger partial charge in [-0.25, -0.2) is 0 Å². The summed E-state index contributed by atoms with van der Waals surface area (Å²) in [6.07, 6.45) is 1.05. The molecule has 178 valence electrons. The fourth-order valence-corrected chi connectivity index (χ4v) is 5.30. The highest BCUT2D eigenvalue weighted by Crippen LogP contribution is 2.28. The molecule has 0 saturated carbocycles. The number of piperidine rings is 1. The van der Waals surface area contributed by atoms with E-state index in [0.29, 0.717) is 25.0 Å². The van der Waals surface area contributed by atoms with Crippen molar-refractivity contribution in [1.29, 1.82) is 0 Å². The number of aliphatic imine (C=N–C) groups is 1. The molecule has 31 heavy (non-hydrogen) atoms. The van der Waals surface area contributed by atoms with E-state index in [1.165, 1.54) is 22.6 Å². The van der Waals surface area contributed by atoms with E-state index in [9.17, 15) is 13.2 Å². The van der Waals surface area contributed by atoms with Gasteiger partial charge in [0.25, 0.3) is 0 Å². The van der Waals surface area contributed by atoms with Crippen LogP contribution in [0.1, 0.15) is 43.0 Å². The van der Waals surface area contributed by atoms with Crippen molar-refractivity contribution in [3.63, 3.8) is 0 Å². The molecule has 2 aliphatic heterocycles. The summed E-state index contributed by atoms with van der Waals surface area (Å²) >= 11 is 1.80. The third-order valence-corrected chi connectivity index (χ3v) is 7.07. The normalized spacial score (nSPS) is 20.5. The number of likely N-dealkylation sites (tertiary alicyclic amines) is 2. The van der Waals surface area contributed by atoms with Gasteiger partial charge in [-0.2, -0.15) is 13.2 Å². The Balaban J connectivity index is 0.00000341. The van der Waals surface area contributed by atoms with Gasteiger partial charge in [0.15, 0.2) is 5.96 Å². The van der Waals surface area contributed by atoms with Crippen molar-refractivity contribution in [2.24, 2.45) is 10.9 Å². The molecule has 1 aromatic heterocycles. The van der Waals surface area contributed by atoms with Crippen LogP contribution in [0.15, 0.2) is 22.5 Å². The highest BCUT2D eigenvalue weighted by atomic mass is 127. The number of alkyl halides is 3. The smallest absolute Gasteiger partial charge is 0.356 e. The van der Waals surface area contributed by atoms with Crippen molar-refractivity contribution in [2.45, 2.75) is 44.3 Å². The summed E-state index contributed by atoms with van der Waals surface area (Å²) in [6.45, 7) is 4.18. The lowest BCUT2D eigenvalue weighted by atomic mass is 9.93. The van der Waals surface area contributed by atoms with Crippen molar-refractivity contribution < 1.29 is 13.2 Å². The summed E-state index contributed by atoms with van der Waals surface area (Å²) in [6, 6.07) is 4.68. The number of nitrogens with zero attached hydrogens (tertiary/aromatic N) is 3. The van der Waals surface area contributed by atoms with Gasteiger partial charge in [-0.15, -0.1) is 35.3 Å². The minimum atomic E-state index is -4.09. The molecular weight excluding hydrogens is 538 g/mol. The van der Waals surface area contributed by atoms with Gasteiger partial charge in [0.05, 0.1) is 12.6 Å². The number of hydrogen-bond donors (Lipinski definition) is 2. The quantitative estimate of drug-likeness (QED) is 0.276. The molecule has 0 aliphatic carbocycles. The molecule has 2 fully saturated rings. The highest BCUT2D eigenvalue weighted by Gasteiger charge is 2.32. The molecule has 0 spiro atoms. The van der Waals surface area contributed by atoms with Crippen LogP contribution in [-0.2, 0) is 0 Å². The number of guanidine groups is 1. The Morgan fingerprint density at radius 3 is 2.48 bits per heavy atom. The zero-order valence-corrected chi connectivity index (χ0v) is 21.3. The van der Waals surface area contributed by atoms with Gasteiger partial charge in [0.1, 0.15) is 0 Å². The minimum absolute atomic E-state index is 0. The first-order valence-corrected chi connectivity index (χ1v) is 11.8. The molecule has 10 heteroatoms. The molecule has 2 saturated heterocycles. The zero-order valence-electron chi connectivity index (χ0n) is 18.2. The van der Waals surface area contributed by atoms with E-state index in [2.05, 4.69) is 38.0 Å². The van der Waals surface area contributed by atoms with Gasteiger partial charge in [0.2, 0.25) is 0 Å². The zero-order chi connectivity index (χ0) is 21.4. The SMILES string of the molecule is CN=C(NCCC1CCN(CC(F)(F)F)CC1)NCC(c1cccs1)N1CCCC1.I. The maximum Gasteiger partial charge on any atom is 0.401 e. The van der Waals surface area contributed by atoms with Crippen LogP contribution in [-0.4, -0.2) is 74.8 Å². The van der Waals surface area contributed by atoms with E-state index in [1.54, 1.807) is 18.4 Å². The van der Waals surface area contributed by atoms with Crippen LogP contribution in [0.5, 0.6) is 0 Å². The lowest BCUT2D eigenvalue weighted by Gasteiger charge is -2.32. The predicted octanol–water partition coefficient (Wildman–Crippen LogP) is 4.33. The molecule has 5 nitrogen and oxygen atoms in total. The van der Waals surface area contributed by atoms with Gasteiger partial charge in [-0.05, 0) is 75.6 Å². The lowest BCUT2D eigenvalue weighted by molar-refractivity contribution is -0.148. The van der Waals surface area contributed by atoms with Crippen LogP contribution in [0.2, 0.25) is 0 Å². The van der Waals surface area contributed by atoms with Gasteiger partial charge >= 0.3 is 6.18 Å². The van der Waals surface area contributed by atoms with Crippen molar-refractivity contribution in [3.05, 3.63) is 22.4 Å². The standard InChI is InChI=1S/C21H34F3N5S.HI/c1-25-20(26-9-6-17-7-12-28(13-8-17)16-21(22,23)24)27-15-18(19-5-4-14-30-19)29-10-2-3-11-29;/h4-5,14,17-18H,2-3,6-13,15-16H2,1H3,(H2,25,26,27);1H. The predicted molar refractivity (Wildman–Crippen MR) is 132 cm³/mol. The van der Waals surface area contributed by atoms with Crippen molar-refractivity contribution in [2.75, 3.05) is 52.9 Å². The van der Waals surface area contributed by atoms with E-state index in [1.807, 2.05) is 0 Å². The third kappa shape index (κ3) is 9.05. The fraction of sp³-hybridized carbons (Fsp3) is 0.762. The molecule has 1 atom stereocenters. The molecule has 1 aromatic rings. The lowest BCUT2D eigenvalue weighted by Crippen LogP contribution is -2.43. The van der Waals surface area contributed by atoms with Crippen LogP contribution < -0.4 is 10.6 Å². The van der Waals surface area contributed by atoms with Crippen LogP contribution in [0, 0.1) is 5.92 Å². The molecule has 2 aliphatic rings. The Morgan fingerprint density at radius 2 is 1.90 bits per heavy atom. The maximum absolute atomic E-state index is 12.5. The van der Waals surface area contributed by atoms with E-state index >= 15 is 0 Å². The number of hydrogen-bond acceptors (Lipinski definition) is 4. The Morgan fingerprint density at radius 1 is 1.19 bits per heavy atom. The Bertz CT molecular complexity index is 642. The first-order valence-electron chi connectivity index (χ1n) is 11.0. The molecule has 0 bridgehead atoms. The van der Waals surface area contributed by atoms with E-state index in [0.717, 1.165) is 51.4 Å². The van der Waals surface area contributed by atoms with E-state index in [4.69, 9.17) is 0 Å². The summed E-state index contributed by atoms with van der Waals surface area (Å²) in [5, 5.41) is 8.99. The second-order valence-corrected chi connectivity index (χ2v) is 9.26. The molecule has 0 amide bonds. The Labute approximate surface area is 204 Å². The topological polar surface area (TPSA) is 42.9 Å². The molecule has 3 heterocycles. The van der Waals surface area contributed by atoms with Gasteiger partial charge in [0, 0.05) is 25.0 Å². The molecular formula is C21H35F3IN5S. The average Bonchev–Trinajstić information content (AvgIpc) is 3.42. The maximum atomic E-state index is 12.5. The van der Waals surface area contributed by atoms with Crippen LogP contribution in [0.4, 0.5) is 13.2 Å². The van der Waals surface area contributed by atoms with E-state index in [-0.39, 0.29) is 24.0 Å². The average molecular weight is 574 g/mol. The molecule has 3 rings (SSSR count). The summed E-state index contributed by atoms with van der Waals surface area (Å²) in [5.74, 6) is 1.27. The van der Waals surface area contributed by atoms with Crippen LogP contribution in [0.25, 0.3) is 0 Å². The summed E-state index contributed by atoms with van der Waals surface area (Å²) in [4.78, 5) is 9.79. The largest absolute Gasteiger partial charge is 0.401 e. The number of nitrogens with one attached hydrogen (secondary N) is 2. The monoisotopic (exact) mass is 573 g/mol. The first-order chi connectivity index (χ1) is 14.4. The molecule has 0 radical (unpaired) electrons. The van der Waals surface area contributed by atoms with Gasteiger partial charge in [-0.3, -0.25) is 14.8 Å². The van der Waals surface area contributed by atoms with Crippen molar-refractivity contribution >= 4 is 41.3 Å². The first kappa shape index (κ1) is 26.7. The Kier molecular flexibility index (Phi) is 11.4. The highest BCUT2D eigenvalue weighted by molar-refractivity contribution is 14.0. The summed E-state index contributed by atoms with van der Waals surface area (Å²) in [5.41, 5.74) is 0. The number of halogens is 4. The Hall–Kier alpha value is -0.590. The van der Waals surface area contributed by atoms with Gasteiger partial charge < -0.3 is 10.6 Å². The molecule has 2 N–H and O–H groups in total. The second kappa shape index (κ2) is 13.2. The van der Waals surface area contributed by atoms with Crippen LogP contribution >= 0.6 is 35.3 Å². The third-order valence-electron chi connectivity index (χ3n) is 6.09. The minimum Gasteiger partial charge on any atom is -0.356 e. The summed E-state index contributed by atoms with van der Waals surface area (Å²) < 4.78 is 37.5. The molecule has 0 aromatic carbocycles. The fourth-order valence-electron chi connectivity index (χ4n) is 4.44. The van der Waals surface area contributed by atoms with Crippen molar-refractivity contribution in [3.8, 4) is 0 Å². The summed E-state index contributed by atoms with van der Waals surface area (Å²) in [7, 11) is 1.78. The van der Waals surface area contributed by atoms with E-state index < -0.39 is 12.7 Å².